The Labute approximate surface area is 156 Å². The molecule has 27 heavy (non-hydrogen) atoms. The van der Waals surface area contributed by atoms with Gasteiger partial charge in [0.05, 0.1) is 17.5 Å². The summed E-state index contributed by atoms with van der Waals surface area (Å²) in [5.41, 5.74) is 2.84. The standard InChI is InChI=1S/C23H17NO3/c1-15-12-18(23(25)26)7-10-21(15)22-11-9-20(27-22)14-24-19-8-6-16-4-2-3-5-17(16)13-19/h2-14H,1H3,(H,25,26). The van der Waals surface area contributed by atoms with E-state index < -0.39 is 5.97 Å². The Morgan fingerprint density at radius 1 is 0.963 bits per heavy atom. The largest absolute Gasteiger partial charge is 0.478 e. The van der Waals surface area contributed by atoms with Crippen LogP contribution in [0.2, 0.25) is 0 Å². The summed E-state index contributed by atoms with van der Waals surface area (Å²) >= 11 is 0. The predicted molar refractivity (Wildman–Crippen MR) is 107 cm³/mol. The Bertz CT molecular complexity index is 1170. The smallest absolute Gasteiger partial charge is 0.335 e. The first-order valence-electron chi connectivity index (χ1n) is 8.57. The third-order valence-electron chi connectivity index (χ3n) is 4.44. The van der Waals surface area contributed by atoms with Crippen LogP contribution in [0.25, 0.3) is 22.1 Å². The molecule has 0 amide bonds. The topological polar surface area (TPSA) is 62.8 Å². The second-order valence-electron chi connectivity index (χ2n) is 6.33. The summed E-state index contributed by atoms with van der Waals surface area (Å²) in [6.45, 7) is 1.87. The second kappa shape index (κ2) is 6.92. The van der Waals surface area contributed by atoms with E-state index in [1.807, 2.05) is 49.4 Å². The predicted octanol–water partition coefficient (Wildman–Crippen LogP) is 5.86. The van der Waals surface area contributed by atoms with Crippen LogP contribution in [0, 0.1) is 6.92 Å². The van der Waals surface area contributed by atoms with Gasteiger partial charge in [-0.2, -0.15) is 0 Å². The third kappa shape index (κ3) is 3.51. The van der Waals surface area contributed by atoms with Crippen LogP contribution >= 0.6 is 0 Å². The molecular formula is C23H17NO3. The SMILES string of the molecule is Cc1cc(C(=O)O)ccc1-c1ccc(C=Nc2ccc3ccccc3c2)o1. The van der Waals surface area contributed by atoms with E-state index >= 15 is 0 Å². The number of carboxylic acids is 1. The van der Waals surface area contributed by atoms with Gasteiger partial charge in [-0.25, -0.2) is 4.79 Å². The van der Waals surface area contributed by atoms with Gasteiger partial charge in [-0.1, -0.05) is 36.4 Å². The maximum atomic E-state index is 11.1. The fourth-order valence-electron chi connectivity index (χ4n) is 3.04. The number of benzene rings is 3. The van der Waals surface area contributed by atoms with Crippen LogP contribution in [0.3, 0.4) is 0 Å². The first kappa shape index (κ1) is 16.8. The number of hydrogen-bond acceptors (Lipinski definition) is 3. The lowest BCUT2D eigenvalue weighted by Crippen LogP contribution is -1.96. The second-order valence-corrected chi connectivity index (χ2v) is 6.33. The number of rotatable bonds is 4. The summed E-state index contributed by atoms with van der Waals surface area (Å²) in [4.78, 5) is 15.6. The van der Waals surface area contributed by atoms with Crippen molar-refractivity contribution >= 4 is 28.6 Å². The summed E-state index contributed by atoms with van der Waals surface area (Å²) < 4.78 is 5.86. The van der Waals surface area contributed by atoms with Gasteiger partial charge in [0, 0.05) is 5.56 Å². The van der Waals surface area contributed by atoms with E-state index in [1.54, 1.807) is 24.4 Å². The molecule has 4 aromatic rings. The molecule has 0 bridgehead atoms. The van der Waals surface area contributed by atoms with Crippen molar-refractivity contribution in [3.63, 3.8) is 0 Å². The molecule has 4 nitrogen and oxygen atoms in total. The van der Waals surface area contributed by atoms with Crippen LogP contribution in [-0.2, 0) is 0 Å². The molecule has 0 spiro atoms. The quantitative estimate of drug-likeness (QED) is 0.467. The highest BCUT2D eigenvalue weighted by atomic mass is 16.4. The summed E-state index contributed by atoms with van der Waals surface area (Å²) in [6, 6.07) is 22.9. The number of fused-ring (bicyclic) bond motifs is 1. The fourth-order valence-corrected chi connectivity index (χ4v) is 3.04. The number of hydrogen-bond donors (Lipinski definition) is 1. The van der Waals surface area contributed by atoms with Gasteiger partial charge >= 0.3 is 5.97 Å². The van der Waals surface area contributed by atoms with Crippen molar-refractivity contribution in [1.29, 1.82) is 0 Å². The number of aryl methyl sites for hydroxylation is 1. The molecule has 0 saturated carbocycles. The van der Waals surface area contributed by atoms with Crippen molar-refractivity contribution in [2.24, 2.45) is 4.99 Å². The minimum Gasteiger partial charge on any atom is -0.478 e. The number of carboxylic acid groups (broad SMARTS) is 1. The van der Waals surface area contributed by atoms with Gasteiger partial charge in [-0.05, 0) is 59.7 Å². The summed E-state index contributed by atoms with van der Waals surface area (Å²) in [7, 11) is 0. The highest BCUT2D eigenvalue weighted by Gasteiger charge is 2.10. The molecule has 0 aliphatic heterocycles. The Hall–Kier alpha value is -3.66. The first-order chi connectivity index (χ1) is 13.1. The lowest BCUT2D eigenvalue weighted by molar-refractivity contribution is 0.0697. The van der Waals surface area contributed by atoms with Gasteiger partial charge in [-0.3, -0.25) is 4.99 Å². The van der Waals surface area contributed by atoms with Crippen molar-refractivity contribution < 1.29 is 14.3 Å². The van der Waals surface area contributed by atoms with E-state index in [9.17, 15) is 4.79 Å². The van der Waals surface area contributed by atoms with E-state index in [0.717, 1.165) is 22.2 Å². The number of carbonyl (C=O) groups is 1. The van der Waals surface area contributed by atoms with Crippen molar-refractivity contribution in [2.75, 3.05) is 0 Å². The average Bonchev–Trinajstić information content (AvgIpc) is 3.14. The lowest BCUT2D eigenvalue weighted by atomic mass is 10.0. The molecule has 0 saturated heterocycles. The van der Waals surface area contributed by atoms with E-state index in [-0.39, 0.29) is 5.56 Å². The van der Waals surface area contributed by atoms with Crippen LogP contribution in [-0.4, -0.2) is 17.3 Å². The van der Waals surface area contributed by atoms with Crippen LogP contribution in [0.5, 0.6) is 0 Å². The zero-order valence-corrected chi connectivity index (χ0v) is 14.7. The van der Waals surface area contributed by atoms with E-state index in [1.165, 1.54) is 5.39 Å². The average molecular weight is 355 g/mol. The summed E-state index contributed by atoms with van der Waals surface area (Å²) in [6.07, 6.45) is 1.69. The van der Waals surface area contributed by atoms with Crippen LogP contribution < -0.4 is 0 Å². The normalized spacial score (nSPS) is 11.3. The molecule has 132 valence electrons. The van der Waals surface area contributed by atoms with Crippen LogP contribution in [0.1, 0.15) is 21.7 Å². The molecule has 0 fully saturated rings. The van der Waals surface area contributed by atoms with Crippen molar-refractivity contribution in [3.05, 3.63) is 89.7 Å². The Morgan fingerprint density at radius 2 is 1.78 bits per heavy atom. The van der Waals surface area contributed by atoms with Crippen LogP contribution in [0.4, 0.5) is 5.69 Å². The van der Waals surface area contributed by atoms with Crippen molar-refractivity contribution in [1.82, 2.24) is 0 Å². The zero-order chi connectivity index (χ0) is 18.8. The van der Waals surface area contributed by atoms with E-state index in [4.69, 9.17) is 9.52 Å². The molecule has 0 radical (unpaired) electrons. The number of furan rings is 1. The number of aromatic carboxylic acids is 1. The first-order valence-corrected chi connectivity index (χ1v) is 8.57. The lowest BCUT2D eigenvalue weighted by Gasteiger charge is -2.03. The Balaban J connectivity index is 1.58. The number of aliphatic imine (C=N–C) groups is 1. The highest BCUT2D eigenvalue weighted by molar-refractivity contribution is 5.89. The summed E-state index contributed by atoms with van der Waals surface area (Å²) in [5, 5.41) is 11.4. The maximum Gasteiger partial charge on any atom is 0.335 e. The molecule has 3 aromatic carbocycles. The fraction of sp³-hybridized carbons (Fsp3) is 0.0435. The minimum atomic E-state index is -0.938. The minimum absolute atomic E-state index is 0.265. The van der Waals surface area contributed by atoms with Gasteiger partial charge in [0.25, 0.3) is 0 Å². The van der Waals surface area contributed by atoms with E-state index in [0.29, 0.717) is 11.5 Å². The Morgan fingerprint density at radius 3 is 2.56 bits per heavy atom. The van der Waals surface area contributed by atoms with Gasteiger partial charge in [0.15, 0.2) is 0 Å². The maximum absolute atomic E-state index is 11.1. The highest BCUT2D eigenvalue weighted by Crippen LogP contribution is 2.26. The van der Waals surface area contributed by atoms with Crippen molar-refractivity contribution in [2.45, 2.75) is 6.92 Å². The monoisotopic (exact) mass is 355 g/mol. The molecule has 0 unspecified atom stereocenters. The molecule has 0 aliphatic carbocycles. The molecule has 1 heterocycles. The molecular weight excluding hydrogens is 338 g/mol. The number of nitrogens with zero attached hydrogens (tertiary/aromatic N) is 1. The molecule has 0 aliphatic rings. The summed E-state index contributed by atoms with van der Waals surface area (Å²) in [5.74, 6) is 0.386. The van der Waals surface area contributed by atoms with Gasteiger partial charge in [0.2, 0.25) is 0 Å². The van der Waals surface area contributed by atoms with E-state index in [2.05, 4.69) is 17.1 Å². The molecule has 0 atom stereocenters. The zero-order valence-electron chi connectivity index (χ0n) is 14.7. The third-order valence-corrected chi connectivity index (χ3v) is 4.44. The van der Waals surface area contributed by atoms with Gasteiger partial charge in [0.1, 0.15) is 11.5 Å². The molecule has 1 aromatic heterocycles. The Kier molecular flexibility index (Phi) is 4.30. The molecule has 4 heteroatoms. The molecule has 4 rings (SSSR count). The van der Waals surface area contributed by atoms with Crippen LogP contribution in [0.15, 0.2) is 82.2 Å². The van der Waals surface area contributed by atoms with Crippen molar-refractivity contribution in [3.8, 4) is 11.3 Å². The van der Waals surface area contributed by atoms with Gasteiger partial charge in [-0.15, -0.1) is 0 Å². The molecule has 1 N–H and O–H groups in total. The van der Waals surface area contributed by atoms with Gasteiger partial charge < -0.3 is 9.52 Å².